The van der Waals surface area contributed by atoms with Crippen LogP contribution in [0.15, 0.2) is 36.4 Å². The van der Waals surface area contributed by atoms with Crippen LogP contribution in [0.2, 0.25) is 0 Å². The van der Waals surface area contributed by atoms with E-state index < -0.39 is 41.8 Å². The van der Waals surface area contributed by atoms with Gasteiger partial charge in [-0.3, -0.25) is 9.48 Å². The molecule has 0 bridgehead atoms. The molecule has 1 saturated heterocycles. The van der Waals surface area contributed by atoms with Crippen LogP contribution in [-0.4, -0.2) is 73.0 Å². The van der Waals surface area contributed by atoms with Gasteiger partial charge in [-0.05, 0) is 57.5 Å². The fraction of sp³-hybridized carbons (Fsp3) is 0.517. The van der Waals surface area contributed by atoms with Gasteiger partial charge in [-0.15, -0.1) is 17.9 Å². The average Bonchev–Trinajstić information content (AvgIpc) is 3.66. The smallest absolute Gasteiger partial charge is 0.548 e. The maximum Gasteiger partial charge on any atom is 1.00 e. The van der Waals surface area contributed by atoms with E-state index in [1.807, 2.05) is 17.5 Å². The summed E-state index contributed by atoms with van der Waals surface area (Å²) < 4.78 is 14.0. The second-order valence-electron chi connectivity index (χ2n) is 11.3. The number of carboxylic acids is 1. The second-order valence-corrected chi connectivity index (χ2v) is 12.2. The summed E-state index contributed by atoms with van der Waals surface area (Å²) in [4.78, 5) is 49.0. The maximum atomic E-state index is 13.8. The van der Waals surface area contributed by atoms with Gasteiger partial charge in [-0.1, -0.05) is 18.9 Å². The van der Waals surface area contributed by atoms with Crippen molar-refractivity contribution in [2.24, 2.45) is 7.05 Å². The molecule has 14 heteroatoms. The number of nitrogens with one attached hydrogen (secondary N) is 1. The van der Waals surface area contributed by atoms with Crippen LogP contribution in [-0.2, 0) is 21.4 Å². The molecule has 1 aliphatic heterocycles. The van der Waals surface area contributed by atoms with E-state index in [-0.39, 0.29) is 64.4 Å². The Morgan fingerprint density at radius 2 is 2.00 bits per heavy atom. The summed E-state index contributed by atoms with van der Waals surface area (Å²) in [5, 5.41) is 20.9. The molecule has 1 N–H and O–H groups in total. The molecular formula is C29H37KN6O6S. The van der Waals surface area contributed by atoms with Crippen molar-refractivity contribution in [1.29, 1.82) is 0 Å². The number of fused-ring (bicyclic) bond motifs is 1. The Morgan fingerprint density at radius 3 is 2.65 bits per heavy atom. The molecule has 0 spiro atoms. The number of aromatic nitrogens is 4. The van der Waals surface area contributed by atoms with Crippen molar-refractivity contribution in [2.75, 3.05) is 6.54 Å². The van der Waals surface area contributed by atoms with Gasteiger partial charge in [0.2, 0.25) is 11.8 Å². The molecule has 0 aromatic carbocycles. The molecule has 3 aromatic rings. The number of aryl methyl sites for hydroxylation is 1. The predicted molar refractivity (Wildman–Crippen MR) is 156 cm³/mol. The Bertz CT molecular complexity index is 1440. The third-order valence-corrected chi connectivity index (χ3v) is 7.70. The molecule has 0 saturated carbocycles. The van der Waals surface area contributed by atoms with Crippen LogP contribution < -0.4 is 66.5 Å². The SMILES string of the molecule is C=CCCCCC[C@H](NC(=O)OC(C)(C)C)C(=O)N1C[C@H](Oc2nc(-c3ccnn3C)nc3ccsc23)C[C@H]1C(=O)[O-].[K+]. The Hall–Kier alpha value is -2.36. The minimum absolute atomic E-state index is 0. The number of allylic oxidation sites excluding steroid dienone is 1. The number of carboxylic acid groups (broad SMARTS) is 1. The summed E-state index contributed by atoms with van der Waals surface area (Å²) in [6.07, 6.45) is 5.61. The second kappa shape index (κ2) is 15.6. The van der Waals surface area contributed by atoms with Crippen molar-refractivity contribution in [3.05, 3.63) is 36.4 Å². The van der Waals surface area contributed by atoms with E-state index in [0.717, 1.165) is 19.3 Å². The molecule has 4 rings (SSSR count). The molecule has 1 aliphatic rings. The Labute approximate surface area is 297 Å². The first-order valence-corrected chi connectivity index (χ1v) is 14.9. The molecule has 3 atom stereocenters. The van der Waals surface area contributed by atoms with Crippen molar-refractivity contribution in [2.45, 2.75) is 83.1 Å². The molecular weight excluding hydrogens is 600 g/mol. The molecule has 43 heavy (non-hydrogen) atoms. The molecule has 226 valence electrons. The number of rotatable bonds is 12. The quantitative estimate of drug-likeness (QED) is 0.167. The zero-order valence-corrected chi connectivity index (χ0v) is 29.3. The van der Waals surface area contributed by atoms with Gasteiger partial charge >= 0.3 is 57.5 Å². The number of thiophene rings is 1. The number of hydrogen-bond acceptors (Lipinski definition) is 10. The summed E-state index contributed by atoms with van der Waals surface area (Å²) in [5.41, 5.74) is 0.607. The summed E-state index contributed by atoms with van der Waals surface area (Å²) in [5.74, 6) is -1.20. The maximum absolute atomic E-state index is 13.8. The number of amides is 2. The molecule has 0 unspecified atom stereocenters. The van der Waals surface area contributed by atoms with Gasteiger partial charge in [-0.25, -0.2) is 9.78 Å². The number of aliphatic carboxylic acids is 1. The van der Waals surface area contributed by atoms with Crippen LogP contribution in [0.1, 0.15) is 59.3 Å². The Kier molecular flexibility index (Phi) is 12.7. The third-order valence-electron chi connectivity index (χ3n) is 6.81. The van der Waals surface area contributed by atoms with Gasteiger partial charge in [-0.2, -0.15) is 10.1 Å². The van der Waals surface area contributed by atoms with E-state index in [9.17, 15) is 19.5 Å². The van der Waals surface area contributed by atoms with Gasteiger partial charge in [0.15, 0.2) is 5.82 Å². The number of alkyl carbamates (subject to hydrolysis) is 1. The molecule has 0 radical (unpaired) electrons. The first-order valence-electron chi connectivity index (χ1n) is 14.0. The van der Waals surface area contributed by atoms with Gasteiger partial charge in [0.1, 0.15) is 28.1 Å². The van der Waals surface area contributed by atoms with Gasteiger partial charge in [0, 0.05) is 19.7 Å². The fourth-order valence-electron chi connectivity index (χ4n) is 4.85. The first-order chi connectivity index (χ1) is 20.0. The van der Waals surface area contributed by atoms with Gasteiger partial charge in [0.25, 0.3) is 0 Å². The van der Waals surface area contributed by atoms with Gasteiger partial charge in [0.05, 0.1) is 24.1 Å². The summed E-state index contributed by atoms with van der Waals surface area (Å²) in [6.45, 7) is 8.89. The normalized spacial score (nSPS) is 17.3. The number of carbonyl (C=O) groups is 3. The standard InChI is InChI=1S/C29H38N6O6S.K/c1-6-7-8-9-10-11-20(32-28(39)41-29(2,3)4)26(36)35-17-18(16-22(35)27(37)38)40-25-23-19(13-15-42-23)31-24(33-25)21-12-14-30-34(21)5;/h6,12-15,18,20,22H,1,7-11,16-17H2,2-5H3,(H,32,39)(H,37,38);/q;+1/p-1/t18-,20+,22+;/m1./s1. The zero-order chi connectivity index (χ0) is 30.4. The topological polar surface area (TPSA) is 152 Å². The third kappa shape index (κ3) is 9.31. The van der Waals surface area contributed by atoms with Crippen LogP contribution >= 0.6 is 11.3 Å². The predicted octanol–water partition coefficient (Wildman–Crippen LogP) is 0.224. The van der Waals surface area contributed by atoms with Crippen molar-refractivity contribution in [1.82, 2.24) is 30.0 Å². The van der Waals surface area contributed by atoms with E-state index in [0.29, 0.717) is 40.5 Å². The molecule has 4 heterocycles. The Balaban J connectivity index is 0.00000506. The van der Waals surface area contributed by atoms with Crippen molar-refractivity contribution >= 4 is 39.5 Å². The number of nitrogens with zero attached hydrogens (tertiary/aromatic N) is 5. The molecule has 0 aliphatic carbocycles. The summed E-state index contributed by atoms with van der Waals surface area (Å²) in [7, 11) is 1.78. The van der Waals surface area contributed by atoms with E-state index >= 15 is 0 Å². The number of unbranched alkanes of at least 4 members (excludes halogenated alkanes) is 3. The first kappa shape index (κ1) is 35.1. The average molecular weight is 637 g/mol. The monoisotopic (exact) mass is 636 g/mol. The van der Waals surface area contributed by atoms with E-state index in [1.54, 1.807) is 44.8 Å². The van der Waals surface area contributed by atoms with Crippen LogP contribution in [0.3, 0.4) is 0 Å². The van der Waals surface area contributed by atoms with Crippen LogP contribution in [0, 0.1) is 0 Å². The van der Waals surface area contributed by atoms with Gasteiger partial charge < -0.3 is 29.6 Å². The zero-order valence-electron chi connectivity index (χ0n) is 25.4. The number of hydrogen-bond donors (Lipinski definition) is 1. The largest absolute Gasteiger partial charge is 1.00 e. The van der Waals surface area contributed by atoms with Crippen molar-refractivity contribution in [3.8, 4) is 17.4 Å². The van der Waals surface area contributed by atoms with Crippen molar-refractivity contribution in [3.63, 3.8) is 0 Å². The van der Waals surface area contributed by atoms with Crippen LogP contribution in [0.5, 0.6) is 5.88 Å². The number of likely N-dealkylation sites (tertiary alicyclic amines) is 1. The minimum Gasteiger partial charge on any atom is -0.548 e. The summed E-state index contributed by atoms with van der Waals surface area (Å²) >= 11 is 1.40. The fourth-order valence-corrected chi connectivity index (χ4v) is 5.62. The van der Waals surface area contributed by atoms with Crippen LogP contribution in [0.4, 0.5) is 4.79 Å². The molecule has 12 nitrogen and oxygen atoms in total. The number of carbonyl (C=O) groups excluding carboxylic acids is 3. The minimum atomic E-state index is -1.39. The summed E-state index contributed by atoms with van der Waals surface area (Å²) in [6, 6.07) is 1.44. The molecule has 1 fully saturated rings. The molecule has 3 aromatic heterocycles. The molecule has 2 amide bonds. The van der Waals surface area contributed by atoms with E-state index in [1.165, 1.54) is 16.2 Å². The van der Waals surface area contributed by atoms with E-state index in [4.69, 9.17) is 9.47 Å². The van der Waals surface area contributed by atoms with E-state index in [2.05, 4.69) is 27.0 Å². The number of ether oxygens (including phenoxy) is 2. The Morgan fingerprint density at radius 1 is 1.23 bits per heavy atom. The van der Waals surface area contributed by atoms with Crippen LogP contribution in [0.25, 0.3) is 21.7 Å². The van der Waals surface area contributed by atoms with Crippen molar-refractivity contribution < 1.29 is 80.3 Å².